The summed E-state index contributed by atoms with van der Waals surface area (Å²) < 4.78 is 7.39. The Morgan fingerprint density at radius 2 is 2.08 bits per heavy atom. The van der Waals surface area contributed by atoms with Gasteiger partial charge < -0.3 is 14.5 Å². The number of nitrogens with zero attached hydrogens (tertiary/aromatic N) is 4. The van der Waals surface area contributed by atoms with Gasteiger partial charge in [-0.05, 0) is 23.8 Å². The minimum absolute atomic E-state index is 0.0276. The highest BCUT2D eigenvalue weighted by molar-refractivity contribution is 5.94. The van der Waals surface area contributed by atoms with Gasteiger partial charge in [-0.15, -0.1) is 0 Å². The molecule has 2 fully saturated rings. The number of rotatable bonds is 3. The van der Waals surface area contributed by atoms with Gasteiger partial charge in [0.05, 0.1) is 13.1 Å². The van der Waals surface area contributed by atoms with Gasteiger partial charge in [0, 0.05) is 50.9 Å². The fraction of sp³-hybridized carbons (Fsp3) is 0.421. The molecule has 136 valence electrons. The Morgan fingerprint density at radius 3 is 2.73 bits per heavy atom. The van der Waals surface area contributed by atoms with Gasteiger partial charge in [-0.2, -0.15) is 5.10 Å². The molecule has 2 aliphatic heterocycles. The smallest absolute Gasteiger partial charge is 0.410 e. The Labute approximate surface area is 152 Å². The highest BCUT2D eigenvalue weighted by atomic mass is 16.6. The van der Waals surface area contributed by atoms with E-state index in [0.29, 0.717) is 44.6 Å². The predicted octanol–water partition coefficient (Wildman–Crippen LogP) is 1.99. The van der Waals surface area contributed by atoms with Gasteiger partial charge >= 0.3 is 6.09 Å². The van der Waals surface area contributed by atoms with Crippen LogP contribution < -0.4 is 0 Å². The third-order valence-electron chi connectivity index (χ3n) is 5.18. The quantitative estimate of drug-likeness (QED) is 0.845. The third-order valence-corrected chi connectivity index (χ3v) is 5.18. The molecule has 7 heteroatoms. The van der Waals surface area contributed by atoms with Gasteiger partial charge in [0.25, 0.3) is 5.91 Å². The minimum Gasteiger partial charge on any atom is -0.441 e. The summed E-state index contributed by atoms with van der Waals surface area (Å²) in [6.45, 7) is 2.44. The van der Waals surface area contributed by atoms with Crippen LogP contribution in [0.25, 0.3) is 0 Å². The van der Waals surface area contributed by atoms with Crippen molar-refractivity contribution in [3.05, 3.63) is 53.9 Å². The molecule has 0 unspecified atom stereocenters. The van der Waals surface area contributed by atoms with Crippen molar-refractivity contribution in [2.24, 2.45) is 0 Å². The normalized spacial score (nSPS) is 19.0. The van der Waals surface area contributed by atoms with Crippen LogP contribution >= 0.6 is 0 Å². The first-order valence-electron chi connectivity index (χ1n) is 8.84. The molecular formula is C19H22N4O3. The van der Waals surface area contributed by atoms with E-state index >= 15 is 0 Å². The average Bonchev–Trinajstić information content (AvgIpc) is 3.24. The summed E-state index contributed by atoms with van der Waals surface area (Å²) in [4.78, 5) is 28.0. The van der Waals surface area contributed by atoms with E-state index in [4.69, 9.17) is 4.74 Å². The van der Waals surface area contributed by atoms with E-state index in [2.05, 4.69) is 5.10 Å². The van der Waals surface area contributed by atoms with Crippen molar-refractivity contribution in [3.63, 3.8) is 0 Å². The van der Waals surface area contributed by atoms with Crippen molar-refractivity contribution in [3.8, 4) is 0 Å². The molecule has 3 heterocycles. The van der Waals surface area contributed by atoms with Gasteiger partial charge in [0.2, 0.25) is 0 Å². The lowest BCUT2D eigenvalue weighted by molar-refractivity contribution is 0.00317. The van der Waals surface area contributed by atoms with E-state index in [9.17, 15) is 9.59 Å². The molecule has 2 aliphatic rings. The summed E-state index contributed by atoms with van der Waals surface area (Å²) in [5.41, 5.74) is 1.30. The molecular weight excluding hydrogens is 332 g/mol. The number of carbonyl (C=O) groups excluding carboxylic acids is 2. The highest BCUT2D eigenvalue weighted by Crippen LogP contribution is 2.32. The molecule has 4 rings (SSSR count). The topological polar surface area (TPSA) is 67.7 Å². The molecule has 26 heavy (non-hydrogen) atoms. The van der Waals surface area contributed by atoms with Crippen molar-refractivity contribution in [2.45, 2.75) is 25.0 Å². The molecule has 2 saturated heterocycles. The van der Waals surface area contributed by atoms with E-state index in [1.165, 1.54) is 0 Å². The molecule has 0 radical (unpaired) electrons. The number of aromatic nitrogens is 2. The number of amides is 2. The average molecular weight is 354 g/mol. The second kappa shape index (κ2) is 6.48. The summed E-state index contributed by atoms with van der Waals surface area (Å²) in [5, 5.41) is 4.20. The fourth-order valence-electron chi connectivity index (χ4n) is 3.74. The van der Waals surface area contributed by atoms with E-state index < -0.39 is 5.60 Å². The van der Waals surface area contributed by atoms with Crippen molar-refractivity contribution in [2.75, 3.05) is 26.7 Å². The Kier molecular flexibility index (Phi) is 4.14. The molecule has 1 aromatic heterocycles. The van der Waals surface area contributed by atoms with Crippen LogP contribution in [0, 0.1) is 0 Å². The van der Waals surface area contributed by atoms with Crippen LogP contribution in [0.3, 0.4) is 0 Å². The van der Waals surface area contributed by atoms with Gasteiger partial charge in [-0.25, -0.2) is 4.79 Å². The molecule has 7 nitrogen and oxygen atoms in total. The van der Waals surface area contributed by atoms with Crippen molar-refractivity contribution >= 4 is 12.0 Å². The molecule has 1 spiro atoms. The number of benzene rings is 1. The van der Waals surface area contributed by atoms with Crippen molar-refractivity contribution in [1.29, 1.82) is 0 Å². The number of hydrogen-bond acceptors (Lipinski definition) is 4. The van der Waals surface area contributed by atoms with Gasteiger partial charge in [0.1, 0.15) is 5.60 Å². The van der Waals surface area contributed by atoms with Crippen LogP contribution in [-0.2, 0) is 11.3 Å². The van der Waals surface area contributed by atoms with Crippen LogP contribution in [0.2, 0.25) is 0 Å². The van der Waals surface area contributed by atoms with Crippen LogP contribution in [0.1, 0.15) is 28.8 Å². The lowest BCUT2D eigenvalue weighted by Gasteiger charge is -2.37. The maximum atomic E-state index is 12.9. The van der Waals surface area contributed by atoms with Crippen LogP contribution in [-0.4, -0.2) is 63.9 Å². The standard InChI is InChI=1S/C19H22N4O3/c1-21-14-19(26-18(21)25)6-10-22(11-7-19)17(24)16-5-2-4-15(12-16)13-23-9-3-8-20-23/h2-5,8-9,12H,6-7,10-11,13-14H2,1H3. The van der Waals surface area contributed by atoms with Crippen LogP contribution in [0.5, 0.6) is 0 Å². The van der Waals surface area contributed by atoms with Gasteiger partial charge in [-0.3, -0.25) is 9.48 Å². The summed E-state index contributed by atoms with van der Waals surface area (Å²) in [7, 11) is 1.75. The Bertz CT molecular complexity index is 810. The maximum absolute atomic E-state index is 12.9. The molecule has 2 aromatic rings. The largest absolute Gasteiger partial charge is 0.441 e. The monoisotopic (exact) mass is 354 g/mol. The first kappa shape index (κ1) is 16.6. The first-order chi connectivity index (χ1) is 12.5. The lowest BCUT2D eigenvalue weighted by Crippen LogP contribution is -2.48. The van der Waals surface area contributed by atoms with Crippen molar-refractivity contribution < 1.29 is 14.3 Å². The number of hydrogen-bond donors (Lipinski definition) is 0. The summed E-state index contributed by atoms with van der Waals surface area (Å²) >= 11 is 0. The van der Waals surface area contributed by atoms with Crippen molar-refractivity contribution in [1.82, 2.24) is 19.6 Å². The zero-order valence-electron chi connectivity index (χ0n) is 14.8. The Morgan fingerprint density at radius 1 is 1.27 bits per heavy atom. The summed E-state index contributed by atoms with van der Waals surface area (Å²) in [6.07, 6.45) is 4.74. The van der Waals surface area contributed by atoms with Crippen LogP contribution in [0.15, 0.2) is 42.7 Å². The molecule has 2 amide bonds. The first-order valence-corrected chi connectivity index (χ1v) is 8.84. The number of piperidine rings is 1. The molecule has 0 aliphatic carbocycles. The van der Waals surface area contributed by atoms with Gasteiger partial charge in [0.15, 0.2) is 0 Å². The minimum atomic E-state index is -0.426. The number of carbonyl (C=O) groups is 2. The predicted molar refractivity (Wildman–Crippen MR) is 94.8 cm³/mol. The summed E-state index contributed by atoms with van der Waals surface area (Å²) in [5.74, 6) is 0.0276. The maximum Gasteiger partial charge on any atom is 0.410 e. The second-order valence-corrected chi connectivity index (χ2v) is 7.10. The zero-order valence-corrected chi connectivity index (χ0v) is 14.8. The fourth-order valence-corrected chi connectivity index (χ4v) is 3.74. The van der Waals surface area contributed by atoms with Gasteiger partial charge in [-0.1, -0.05) is 12.1 Å². The van der Waals surface area contributed by atoms with Crippen LogP contribution in [0.4, 0.5) is 4.79 Å². The number of likely N-dealkylation sites (tertiary alicyclic amines) is 1. The molecule has 1 aromatic carbocycles. The van der Waals surface area contributed by atoms with E-state index in [0.717, 1.165) is 5.56 Å². The SMILES string of the molecule is CN1CC2(CCN(C(=O)c3cccc(Cn4cccn4)c3)CC2)OC1=O. The highest BCUT2D eigenvalue weighted by Gasteiger charge is 2.46. The second-order valence-electron chi connectivity index (χ2n) is 7.10. The number of ether oxygens (including phenoxy) is 1. The molecule has 0 saturated carbocycles. The van der Waals surface area contributed by atoms with E-state index in [1.54, 1.807) is 18.1 Å². The summed E-state index contributed by atoms with van der Waals surface area (Å²) in [6, 6.07) is 9.56. The van der Waals surface area contributed by atoms with E-state index in [1.807, 2.05) is 46.1 Å². The third kappa shape index (κ3) is 3.16. The number of likely N-dealkylation sites (N-methyl/N-ethyl adjacent to an activating group) is 1. The molecule has 0 N–H and O–H groups in total. The lowest BCUT2D eigenvalue weighted by atomic mass is 9.91. The Hall–Kier alpha value is -2.83. The zero-order chi connectivity index (χ0) is 18.1. The Balaban J connectivity index is 1.42. The molecule has 0 bridgehead atoms. The van der Waals surface area contributed by atoms with E-state index in [-0.39, 0.29) is 12.0 Å². The molecule has 0 atom stereocenters.